The Morgan fingerprint density at radius 1 is 1.08 bits per heavy atom. The van der Waals surface area contributed by atoms with Gasteiger partial charge in [-0.05, 0) is 82.4 Å². The maximum absolute atomic E-state index is 17.0. The summed E-state index contributed by atoms with van der Waals surface area (Å²) in [5.41, 5.74) is -3.45. The van der Waals surface area contributed by atoms with Gasteiger partial charge in [0, 0.05) is 11.8 Å². The molecule has 2 fully saturated rings. The summed E-state index contributed by atoms with van der Waals surface area (Å²) in [6.07, 6.45) is 4.62. The first-order valence-electron chi connectivity index (χ1n) is 20.5. The number of benzene rings is 1. The van der Waals surface area contributed by atoms with Crippen molar-refractivity contribution in [3.05, 3.63) is 41.6 Å². The molecule has 3 N–H and O–H groups in total. The summed E-state index contributed by atoms with van der Waals surface area (Å²) in [5, 5.41) is 5.52. The highest BCUT2D eigenvalue weighted by molar-refractivity contribution is 7.91. The number of hydrogen-bond acceptors (Lipinski definition) is 10. The van der Waals surface area contributed by atoms with Crippen LogP contribution in [-0.4, -0.2) is 90.3 Å². The van der Waals surface area contributed by atoms with Gasteiger partial charge in [0.15, 0.2) is 5.75 Å². The second-order valence-corrected chi connectivity index (χ2v) is 20.0. The van der Waals surface area contributed by atoms with Crippen LogP contribution < -0.4 is 24.8 Å². The van der Waals surface area contributed by atoms with Crippen LogP contribution in [0, 0.1) is 5.92 Å². The van der Waals surface area contributed by atoms with E-state index in [-0.39, 0.29) is 53.7 Å². The number of sulfonamides is 1. The van der Waals surface area contributed by atoms with E-state index in [9.17, 15) is 27.6 Å². The number of halogens is 2. The molecule has 1 aromatic carbocycles. The summed E-state index contributed by atoms with van der Waals surface area (Å²) in [6, 6.07) is 2.05. The Labute approximate surface area is 344 Å². The van der Waals surface area contributed by atoms with Crippen molar-refractivity contribution < 1.29 is 50.6 Å². The number of fused-ring (bicyclic) bond motifs is 4. The zero-order valence-corrected chi connectivity index (χ0v) is 35.7. The number of alkyl halides is 2. The summed E-state index contributed by atoms with van der Waals surface area (Å²) in [7, 11) is -2.69. The van der Waals surface area contributed by atoms with E-state index in [1.807, 2.05) is 19.9 Å². The first-order chi connectivity index (χ1) is 27.6. The molecule has 1 saturated heterocycles. The molecule has 14 nitrogen and oxygen atoms in total. The Kier molecular flexibility index (Phi) is 12.3. The van der Waals surface area contributed by atoms with Crippen molar-refractivity contribution >= 4 is 44.7 Å². The molecule has 4 atom stereocenters. The van der Waals surface area contributed by atoms with Gasteiger partial charge in [0.1, 0.15) is 29.0 Å². The van der Waals surface area contributed by atoms with Crippen molar-refractivity contribution in [1.29, 1.82) is 0 Å². The fourth-order valence-corrected chi connectivity index (χ4v) is 9.41. The van der Waals surface area contributed by atoms with E-state index in [0.29, 0.717) is 49.8 Å². The monoisotopic (exact) mass is 845 g/mol. The van der Waals surface area contributed by atoms with Crippen LogP contribution in [-0.2, 0) is 35.1 Å². The molecule has 1 saturated carbocycles. The zero-order valence-electron chi connectivity index (χ0n) is 34.9. The average Bonchev–Trinajstić information content (AvgIpc) is 3.83. The van der Waals surface area contributed by atoms with Gasteiger partial charge in [0.25, 0.3) is 11.8 Å². The third kappa shape index (κ3) is 9.14. The fraction of sp³-hybridized carbons (Fsp3) is 0.643. The normalized spacial score (nSPS) is 26.9. The lowest BCUT2D eigenvalue weighted by Gasteiger charge is -2.41. The van der Waals surface area contributed by atoms with Crippen molar-refractivity contribution in [2.24, 2.45) is 5.92 Å². The Morgan fingerprint density at radius 2 is 1.81 bits per heavy atom. The van der Waals surface area contributed by atoms with Crippen LogP contribution in [0.1, 0.15) is 123 Å². The summed E-state index contributed by atoms with van der Waals surface area (Å²) < 4.78 is 79.0. The van der Waals surface area contributed by atoms with Gasteiger partial charge in [0.2, 0.25) is 21.8 Å². The van der Waals surface area contributed by atoms with Crippen molar-refractivity contribution in [3.8, 4) is 11.5 Å². The quantitative estimate of drug-likeness (QED) is 0.262. The Balaban J connectivity index is 1.43. The molecule has 4 aliphatic rings. The lowest BCUT2D eigenvalue weighted by Crippen LogP contribution is -2.62. The maximum Gasteiger partial charge on any atom is 0.407 e. The van der Waals surface area contributed by atoms with Gasteiger partial charge >= 0.3 is 6.09 Å². The van der Waals surface area contributed by atoms with E-state index in [4.69, 9.17) is 19.2 Å². The molecular formula is C42H57F2N5O9S. The first kappa shape index (κ1) is 44.0. The van der Waals surface area contributed by atoms with Crippen molar-refractivity contribution in [3.63, 3.8) is 0 Å². The smallest absolute Gasteiger partial charge is 0.407 e. The number of pyridine rings is 1. The van der Waals surface area contributed by atoms with E-state index < -0.39 is 87.1 Å². The molecule has 4 amide bonds. The number of methoxy groups -OCH3 is 1. The maximum atomic E-state index is 17.0. The van der Waals surface area contributed by atoms with Crippen molar-refractivity contribution in [2.75, 3.05) is 20.3 Å². The number of carbonyl (C=O) groups excluding carboxylic acids is 4. The van der Waals surface area contributed by atoms with Crippen molar-refractivity contribution in [2.45, 2.75) is 146 Å². The number of nitrogens with zero attached hydrogens (tertiary/aromatic N) is 2. The molecule has 59 heavy (non-hydrogen) atoms. The average molecular weight is 846 g/mol. The van der Waals surface area contributed by atoms with Gasteiger partial charge < -0.3 is 29.7 Å². The molecule has 1 aliphatic carbocycles. The minimum absolute atomic E-state index is 0.00834. The summed E-state index contributed by atoms with van der Waals surface area (Å²) in [5.74, 6) is -6.28. The Bertz CT molecular complexity index is 2130. The summed E-state index contributed by atoms with van der Waals surface area (Å²) in [6.45, 7) is 9.85. The van der Waals surface area contributed by atoms with Gasteiger partial charge in [0.05, 0.1) is 48.2 Å². The van der Waals surface area contributed by atoms with Crippen LogP contribution in [0.4, 0.5) is 13.6 Å². The topological polar surface area (TPSA) is 182 Å². The largest absolute Gasteiger partial charge is 0.497 e. The van der Waals surface area contributed by atoms with E-state index in [1.165, 1.54) is 27.0 Å². The predicted molar refractivity (Wildman–Crippen MR) is 216 cm³/mol. The Morgan fingerprint density at radius 3 is 2.47 bits per heavy atom. The fourth-order valence-electron chi connectivity index (χ4n) is 8.06. The van der Waals surface area contributed by atoms with Crippen LogP contribution >= 0.6 is 0 Å². The molecule has 3 aliphatic heterocycles. The molecule has 1 aromatic heterocycles. The van der Waals surface area contributed by atoms with E-state index in [1.54, 1.807) is 32.1 Å². The van der Waals surface area contributed by atoms with Crippen LogP contribution in [0.5, 0.6) is 11.5 Å². The number of aromatic nitrogens is 1. The Hall–Kier alpha value is -4.54. The van der Waals surface area contributed by atoms with E-state index in [2.05, 4.69) is 15.4 Å². The summed E-state index contributed by atoms with van der Waals surface area (Å²) >= 11 is 0. The van der Waals surface area contributed by atoms with E-state index in [0.717, 1.165) is 4.90 Å². The van der Waals surface area contributed by atoms with Crippen molar-refractivity contribution in [1.82, 2.24) is 25.2 Å². The molecule has 17 heteroatoms. The molecule has 1 spiro atoms. The molecule has 6 rings (SSSR count). The molecule has 0 radical (unpaired) electrons. The van der Waals surface area contributed by atoms with Gasteiger partial charge in [-0.1, -0.05) is 52.7 Å². The molecule has 4 unspecified atom stereocenters. The number of alkyl carbamates (subject to hydrolysis) is 1. The van der Waals surface area contributed by atoms with Crippen LogP contribution in [0.2, 0.25) is 0 Å². The van der Waals surface area contributed by atoms with Gasteiger partial charge in [-0.3, -0.25) is 19.1 Å². The predicted octanol–water partition coefficient (Wildman–Crippen LogP) is 6.12. The standard InChI is InChI=1S/C42H57F2N5O9S/c1-25(2)22-57-38(53)46-30-14-12-10-8-9-11-13-17-40(6,37(52)48-59(54,55)39(5)18-19-39)47-35(50)31-21-41(24-49(31)36(30)51)23-42(43,44)32-28-20-27(56-7)15-16-29(28)45-33(26(3)4)34(32)58-41/h11,13,15-16,20,25-26,30-31H,8-10,12,14,17-19,21-24H2,1-7H3,(H,46,53)(H,47,50)(H,48,52). The number of hydrogen-bond donors (Lipinski definition) is 3. The van der Waals surface area contributed by atoms with Gasteiger partial charge in [-0.15, -0.1) is 0 Å². The molecule has 4 heterocycles. The lowest BCUT2D eigenvalue weighted by atomic mass is 9.83. The van der Waals surface area contributed by atoms with Crippen LogP contribution in [0.15, 0.2) is 30.4 Å². The minimum Gasteiger partial charge on any atom is -0.497 e. The molecule has 324 valence electrons. The SMILES string of the molecule is COc1ccc2nc(C(C)C)c3c(c2c1)C(F)(F)CC1(CC2C(=O)NC(C)(C(=O)NS(=O)(=O)C4(C)CC4)CC=CCCCCCC(NC(=O)OCC(C)C)C(=O)N2C1)O3. The number of ether oxygens (including phenoxy) is 3. The number of rotatable bonds is 8. The van der Waals surface area contributed by atoms with Gasteiger partial charge in [-0.25, -0.2) is 27.0 Å². The lowest BCUT2D eigenvalue weighted by molar-refractivity contribution is -0.142. The second kappa shape index (κ2) is 16.5. The molecule has 0 bridgehead atoms. The highest BCUT2D eigenvalue weighted by Crippen LogP contribution is 2.55. The number of nitrogens with one attached hydrogen (secondary N) is 3. The van der Waals surface area contributed by atoms with E-state index >= 15 is 8.78 Å². The minimum atomic E-state index is -4.12. The highest BCUT2D eigenvalue weighted by Gasteiger charge is 2.61. The number of amides is 4. The third-order valence-corrected chi connectivity index (χ3v) is 14.0. The third-order valence-electron chi connectivity index (χ3n) is 11.9. The van der Waals surface area contributed by atoms with Crippen LogP contribution in [0.25, 0.3) is 10.9 Å². The second-order valence-electron chi connectivity index (χ2n) is 17.8. The highest BCUT2D eigenvalue weighted by atomic mass is 32.2. The molecular weight excluding hydrogens is 789 g/mol. The summed E-state index contributed by atoms with van der Waals surface area (Å²) in [4.78, 5) is 62.3. The van der Waals surface area contributed by atoms with Gasteiger partial charge in [-0.2, -0.15) is 0 Å². The first-order valence-corrected chi connectivity index (χ1v) is 22.0. The molecule has 2 aromatic rings. The zero-order chi connectivity index (χ0) is 43.1. The van der Waals surface area contributed by atoms with Crippen LogP contribution in [0.3, 0.4) is 0 Å². The number of carbonyl (C=O) groups is 4. The number of allylic oxidation sites excluding steroid dienone is 1.